The summed E-state index contributed by atoms with van der Waals surface area (Å²) in [5, 5.41) is 2.50. The molecule has 0 bridgehead atoms. The van der Waals surface area contributed by atoms with E-state index in [2.05, 4.69) is 10.3 Å². The van der Waals surface area contributed by atoms with Crippen molar-refractivity contribution in [3.63, 3.8) is 0 Å². The van der Waals surface area contributed by atoms with E-state index in [1.54, 1.807) is 30.8 Å². The average Bonchev–Trinajstić information content (AvgIpc) is 2.69. The van der Waals surface area contributed by atoms with E-state index in [4.69, 9.17) is 0 Å². The third-order valence-corrected chi connectivity index (χ3v) is 3.60. The predicted molar refractivity (Wildman–Crippen MR) is 80.1 cm³/mol. The zero-order chi connectivity index (χ0) is 15.9. The number of hydrogen-bond acceptors (Lipinski definition) is 3. The molecule has 0 saturated carbocycles. The van der Waals surface area contributed by atoms with Crippen molar-refractivity contribution in [3.05, 3.63) is 51.9 Å². The van der Waals surface area contributed by atoms with Crippen LogP contribution >= 0.6 is 0 Å². The molecule has 0 fully saturated rings. The van der Waals surface area contributed by atoms with Gasteiger partial charge in [-0.2, -0.15) is 4.99 Å². The fourth-order valence-corrected chi connectivity index (χ4v) is 2.47. The SMILES string of the molecule is Cc1c(C2=NC(=O)CC(=O)N2)c(=O)n(-c2ccccc2)n1C. The molecule has 2 heterocycles. The Kier molecular flexibility index (Phi) is 3.25. The van der Waals surface area contributed by atoms with Gasteiger partial charge in [-0.3, -0.25) is 19.1 Å². The number of rotatable bonds is 2. The van der Waals surface area contributed by atoms with Crippen molar-refractivity contribution in [1.82, 2.24) is 14.7 Å². The molecule has 0 saturated heterocycles. The predicted octanol–water partition coefficient (Wildman–Crippen LogP) is 0.278. The molecule has 0 radical (unpaired) electrons. The lowest BCUT2D eigenvalue weighted by Gasteiger charge is -2.11. The van der Waals surface area contributed by atoms with Crippen molar-refractivity contribution in [2.45, 2.75) is 13.3 Å². The second-order valence-electron chi connectivity index (χ2n) is 5.02. The van der Waals surface area contributed by atoms with E-state index < -0.39 is 11.8 Å². The summed E-state index contributed by atoms with van der Waals surface area (Å²) in [5.74, 6) is -0.981. The van der Waals surface area contributed by atoms with Gasteiger partial charge in [0.2, 0.25) is 5.91 Å². The van der Waals surface area contributed by atoms with Gasteiger partial charge in [0.25, 0.3) is 11.5 Å². The van der Waals surface area contributed by atoms with Gasteiger partial charge in [0, 0.05) is 12.7 Å². The van der Waals surface area contributed by atoms with Crippen LogP contribution < -0.4 is 10.9 Å². The largest absolute Gasteiger partial charge is 0.309 e. The van der Waals surface area contributed by atoms with Gasteiger partial charge < -0.3 is 5.32 Å². The lowest BCUT2D eigenvalue weighted by atomic mass is 10.2. The van der Waals surface area contributed by atoms with E-state index in [1.165, 1.54) is 4.68 Å². The first-order valence-electron chi connectivity index (χ1n) is 6.75. The molecule has 1 aliphatic heterocycles. The third-order valence-electron chi connectivity index (χ3n) is 3.60. The Hall–Kier alpha value is -2.96. The van der Waals surface area contributed by atoms with E-state index in [1.807, 2.05) is 18.2 Å². The van der Waals surface area contributed by atoms with Gasteiger partial charge >= 0.3 is 0 Å². The Balaban J connectivity index is 2.22. The Morgan fingerprint density at radius 2 is 1.82 bits per heavy atom. The number of aliphatic imine (C=N–C) groups is 1. The lowest BCUT2D eigenvalue weighted by molar-refractivity contribution is -0.127. The van der Waals surface area contributed by atoms with Crippen LogP contribution in [0.4, 0.5) is 0 Å². The summed E-state index contributed by atoms with van der Waals surface area (Å²) in [6.45, 7) is 1.74. The number of benzene rings is 1. The van der Waals surface area contributed by atoms with Crippen molar-refractivity contribution in [2.24, 2.45) is 12.0 Å². The van der Waals surface area contributed by atoms with Crippen LogP contribution in [0.15, 0.2) is 40.1 Å². The second-order valence-corrected chi connectivity index (χ2v) is 5.02. The molecular formula is C15H14N4O3. The Morgan fingerprint density at radius 1 is 1.14 bits per heavy atom. The van der Waals surface area contributed by atoms with E-state index in [9.17, 15) is 14.4 Å². The molecule has 7 heteroatoms. The molecule has 22 heavy (non-hydrogen) atoms. The highest BCUT2D eigenvalue weighted by Crippen LogP contribution is 2.11. The van der Waals surface area contributed by atoms with Crippen molar-refractivity contribution < 1.29 is 9.59 Å². The quantitative estimate of drug-likeness (QED) is 0.808. The summed E-state index contributed by atoms with van der Waals surface area (Å²) in [4.78, 5) is 39.5. The van der Waals surface area contributed by atoms with Crippen LogP contribution in [0.5, 0.6) is 0 Å². The zero-order valence-corrected chi connectivity index (χ0v) is 12.2. The Bertz CT molecular complexity index is 859. The maximum absolute atomic E-state index is 12.7. The van der Waals surface area contributed by atoms with Gasteiger partial charge in [-0.1, -0.05) is 18.2 Å². The standard InChI is InChI=1S/C15H14N4O3/c1-9-13(14-16-11(20)8-12(21)17-14)15(22)19(18(9)2)10-6-4-3-5-7-10/h3-7H,8H2,1-2H3,(H,16,17,20,21). The molecule has 0 spiro atoms. The number of nitrogens with one attached hydrogen (secondary N) is 1. The number of nitrogens with zero attached hydrogens (tertiary/aromatic N) is 3. The molecule has 0 atom stereocenters. The molecule has 2 amide bonds. The Morgan fingerprint density at radius 3 is 2.45 bits per heavy atom. The van der Waals surface area contributed by atoms with E-state index in [0.29, 0.717) is 11.4 Å². The molecule has 1 aromatic heterocycles. The summed E-state index contributed by atoms with van der Waals surface area (Å²) in [6.07, 6.45) is -0.289. The van der Waals surface area contributed by atoms with Crippen molar-refractivity contribution >= 4 is 17.6 Å². The highest BCUT2D eigenvalue weighted by molar-refractivity contribution is 6.19. The molecule has 1 aliphatic rings. The van der Waals surface area contributed by atoms with Crippen molar-refractivity contribution in [3.8, 4) is 5.69 Å². The minimum absolute atomic E-state index is 0.0223. The summed E-state index contributed by atoms with van der Waals surface area (Å²) < 4.78 is 3.14. The normalized spacial score (nSPS) is 14.7. The minimum Gasteiger partial charge on any atom is -0.309 e. The van der Waals surface area contributed by atoms with Crippen LogP contribution in [0, 0.1) is 6.92 Å². The lowest BCUT2D eigenvalue weighted by Crippen LogP contribution is -2.40. The van der Waals surface area contributed by atoms with Crippen LogP contribution in [0.25, 0.3) is 5.69 Å². The van der Waals surface area contributed by atoms with Gasteiger partial charge in [-0.25, -0.2) is 4.68 Å². The zero-order valence-electron chi connectivity index (χ0n) is 12.2. The number of aromatic nitrogens is 2. The first kappa shape index (κ1) is 14.0. The molecule has 112 valence electrons. The smallest absolute Gasteiger partial charge is 0.282 e. The molecule has 1 N–H and O–H groups in total. The van der Waals surface area contributed by atoms with Gasteiger partial charge in [0.1, 0.15) is 12.0 Å². The Labute approximate surface area is 125 Å². The minimum atomic E-state index is -0.548. The summed E-state index contributed by atoms with van der Waals surface area (Å²) >= 11 is 0. The number of amidine groups is 1. The van der Waals surface area contributed by atoms with Crippen molar-refractivity contribution in [1.29, 1.82) is 0 Å². The van der Waals surface area contributed by atoms with Gasteiger partial charge in [0.05, 0.1) is 5.69 Å². The molecular weight excluding hydrogens is 284 g/mol. The first-order valence-corrected chi connectivity index (χ1v) is 6.75. The molecule has 2 aromatic rings. The maximum atomic E-state index is 12.7. The summed E-state index contributed by atoms with van der Waals surface area (Å²) in [6, 6.07) is 9.11. The van der Waals surface area contributed by atoms with Crippen LogP contribution in [-0.2, 0) is 16.6 Å². The molecule has 7 nitrogen and oxygen atoms in total. The monoisotopic (exact) mass is 298 g/mol. The van der Waals surface area contributed by atoms with Crippen LogP contribution in [0.1, 0.15) is 17.7 Å². The third kappa shape index (κ3) is 2.16. The fraction of sp³-hybridized carbons (Fsp3) is 0.200. The first-order chi connectivity index (χ1) is 10.5. The van der Waals surface area contributed by atoms with Crippen molar-refractivity contribution in [2.75, 3.05) is 0 Å². The average molecular weight is 298 g/mol. The number of carbonyl (C=O) groups is 2. The van der Waals surface area contributed by atoms with E-state index >= 15 is 0 Å². The van der Waals surface area contributed by atoms with Gasteiger partial charge in [-0.05, 0) is 19.1 Å². The molecule has 0 aliphatic carbocycles. The summed E-state index contributed by atoms with van der Waals surface area (Å²) in [7, 11) is 1.74. The highest BCUT2D eigenvalue weighted by Gasteiger charge is 2.26. The van der Waals surface area contributed by atoms with Crippen LogP contribution in [0.2, 0.25) is 0 Å². The number of carbonyl (C=O) groups excluding carboxylic acids is 2. The van der Waals surface area contributed by atoms with Gasteiger partial charge in [-0.15, -0.1) is 0 Å². The maximum Gasteiger partial charge on any atom is 0.282 e. The number of hydrogen-bond donors (Lipinski definition) is 1. The molecule has 0 unspecified atom stereocenters. The molecule has 3 rings (SSSR count). The second kappa shape index (κ2) is 5.10. The van der Waals surface area contributed by atoms with Crippen LogP contribution in [-0.4, -0.2) is 27.0 Å². The fourth-order valence-electron chi connectivity index (χ4n) is 2.47. The van der Waals surface area contributed by atoms with Crippen LogP contribution in [0.3, 0.4) is 0 Å². The number of amides is 2. The topological polar surface area (TPSA) is 85.5 Å². The van der Waals surface area contributed by atoms with E-state index in [0.717, 1.165) is 0 Å². The van der Waals surface area contributed by atoms with Gasteiger partial charge in [0.15, 0.2) is 5.84 Å². The highest BCUT2D eigenvalue weighted by atomic mass is 16.2. The number of para-hydroxylation sites is 1. The molecule has 1 aromatic carbocycles. The summed E-state index contributed by atoms with van der Waals surface area (Å²) in [5.41, 5.74) is 1.20. The van der Waals surface area contributed by atoms with E-state index in [-0.39, 0.29) is 23.4 Å².